The molecule has 3 heterocycles. The van der Waals surface area contributed by atoms with E-state index in [4.69, 9.17) is 11.6 Å². The molecule has 0 saturated carbocycles. The lowest BCUT2D eigenvalue weighted by molar-refractivity contribution is 0.623. The molecular formula is C11H6ClFN6. The first-order valence-corrected chi connectivity index (χ1v) is 5.63. The lowest BCUT2D eigenvalue weighted by atomic mass is 10.2. The summed E-state index contributed by atoms with van der Waals surface area (Å²) in [6.45, 7) is 0. The summed E-state index contributed by atoms with van der Waals surface area (Å²) in [5, 5.41) is 3.95. The Bertz CT molecular complexity index is 715. The zero-order valence-electron chi connectivity index (χ0n) is 9.40. The van der Waals surface area contributed by atoms with Crippen molar-refractivity contribution in [2.75, 3.05) is 0 Å². The van der Waals surface area contributed by atoms with Crippen LogP contribution in [-0.2, 0) is 0 Å². The van der Waals surface area contributed by atoms with E-state index >= 15 is 0 Å². The molecule has 0 N–H and O–H groups in total. The predicted molar refractivity (Wildman–Crippen MR) is 65.1 cm³/mol. The van der Waals surface area contributed by atoms with Gasteiger partial charge in [-0.25, -0.2) is 9.07 Å². The molecule has 0 saturated heterocycles. The van der Waals surface area contributed by atoms with E-state index in [1.54, 1.807) is 18.5 Å². The van der Waals surface area contributed by atoms with Gasteiger partial charge < -0.3 is 0 Å². The highest BCUT2D eigenvalue weighted by Gasteiger charge is 2.12. The van der Waals surface area contributed by atoms with Crippen molar-refractivity contribution in [2.45, 2.75) is 0 Å². The number of halogens is 2. The van der Waals surface area contributed by atoms with Crippen LogP contribution in [0.25, 0.3) is 17.3 Å². The standard InChI is InChI=1S/C11H6ClFN6/c12-10-16-9(7-2-4-14-6-8(7)13)17-11(18-10)19-5-1-3-15-19/h1-6H. The Morgan fingerprint density at radius 3 is 2.79 bits per heavy atom. The molecule has 0 aromatic carbocycles. The maximum absolute atomic E-state index is 13.7. The molecule has 0 amide bonds. The zero-order chi connectivity index (χ0) is 13.2. The van der Waals surface area contributed by atoms with Gasteiger partial charge in [0, 0.05) is 18.6 Å². The number of pyridine rings is 1. The summed E-state index contributed by atoms with van der Waals surface area (Å²) in [6.07, 6.45) is 5.76. The van der Waals surface area contributed by atoms with Gasteiger partial charge in [-0.1, -0.05) is 0 Å². The maximum Gasteiger partial charge on any atom is 0.255 e. The van der Waals surface area contributed by atoms with E-state index in [1.165, 1.54) is 16.9 Å². The molecule has 8 heteroatoms. The largest absolute Gasteiger partial charge is 0.262 e. The van der Waals surface area contributed by atoms with Gasteiger partial charge >= 0.3 is 0 Å². The minimum atomic E-state index is -0.531. The summed E-state index contributed by atoms with van der Waals surface area (Å²) in [6, 6.07) is 3.18. The van der Waals surface area contributed by atoms with E-state index in [0.717, 1.165) is 6.20 Å². The number of aromatic nitrogens is 6. The SMILES string of the molecule is Fc1cnccc1-c1nc(Cl)nc(-n2cccn2)n1. The van der Waals surface area contributed by atoms with E-state index in [0.29, 0.717) is 0 Å². The van der Waals surface area contributed by atoms with Crippen molar-refractivity contribution in [2.24, 2.45) is 0 Å². The molecule has 0 unspecified atom stereocenters. The van der Waals surface area contributed by atoms with Crippen molar-refractivity contribution < 1.29 is 4.39 Å². The lowest BCUT2D eigenvalue weighted by Crippen LogP contribution is -2.05. The van der Waals surface area contributed by atoms with Crippen LogP contribution in [0.15, 0.2) is 36.9 Å². The van der Waals surface area contributed by atoms with Crippen LogP contribution in [0, 0.1) is 5.82 Å². The Morgan fingerprint density at radius 2 is 2.05 bits per heavy atom. The molecule has 3 rings (SSSR count). The molecule has 0 atom stereocenters. The van der Waals surface area contributed by atoms with Gasteiger partial charge in [0.05, 0.1) is 11.8 Å². The van der Waals surface area contributed by atoms with Gasteiger partial charge in [0.2, 0.25) is 5.28 Å². The third-order valence-corrected chi connectivity index (χ3v) is 2.49. The quantitative estimate of drug-likeness (QED) is 0.715. The fourth-order valence-electron chi connectivity index (χ4n) is 1.51. The van der Waals surface area contributed by atoms with Crippen molar-refractivity contribution in [3.8, 4) is 17.3 Å². The number of nitrogens with zero attached hydrogens (tertiary/aromatic N) is 6. The highest BCUT2D eigenvalue weighted by Crippen LogP contribution is 2.19. The van der Waals surface area contributed by atoms with Gasteiger partial charge in [-0.2, -0.15) is 20.1 Å². The lowest BCUT2D eigenvalue weighted by Gasteiger charge is -2.04. The molecule has 0 spiro atoms. The normalized spacial score (nSPS) is 10.6. The van der Waals surface area contributed by atoms with Crippen molar-refractivity contribution >= 4 is 11.6 Å². The van der Waals surface area contributed by atoms with E-state index < -0.39 is 5.82 Å². The first-order valence-electron chi connectivity index (χ1n) is 5.25. The summed E-state index contributed by atoms with van der Waals surface area (Å²) in [7, 11) is 0. The monoisotopic (exact) mass is 276 g/mol. The maximum atomic E-state index is 13.7. The first-order chi connectivity index (χ1) is 9.24. The van der Waals surface area contributed by atoms with E-state index in [9.17, 15) is 4.39 Å². The fraction of sp³-hybridized carbons (Fsp3) is 0. The Hall–Kier alpha value is -2.41. The molecule has 3 aromatic rings. The van der Waals surface area contributed by atoms with Crippen molar-refractivity contribution in [1.82, 2.24) is 29.7 Å². The molecule has 0 bridgehead atoms. The minimum Gasteiger partial charge on any atom is -0.262 e. The van der Waals surface area contributed by atoms with Crippen LogP contribution in [0.4, 0.5) is 4.39 Å². The van der Waals surface area contributed by atoms with Crippen LogP contribution in [0.5, 0.6) is 0 Å². The van der Waals surface area contributed by atoms with Crippen molar-refractivity contribution in [3.63, 3.8) is 0 Å². The zero-order valence-corrected chi connectivity index (χ0v) is 10.2. The van der Waals surface area contributed by atoms with E-state index in [2.05, 4.69) is 25.0 Å². The van der Waals surface area contributed by atoms with Gasteiger partial charge in [0.25, 0.3) is 5.95 Å². The molecule has 6 nitrogen and oxygen atoms in total. The predicted octanol–water partition coefficient (Wildman–Crippen LogP) is 1.91. The summed E-state index contributed by atoms with van der Waals surface area (Å²) in [4.78, 5) is 15.6. The van der Waals surface area contributed by atoms with Gasteiger partial charge in [-0.3, -0.25) is 4.98 Å². The topological polar surface area (TPSA) is 69.4 Å². The van der Waals surface area contributed by atoms with Gasteiger partial charge in [-0.05, 0) is 23.7 Å². The second kappa shape index (κ2) is 4.69. The van der Waals surface area contributed by atoms with Gasteiger partial charge in [0.1, 0.15) is 0 Å². The van der Waals surface area contributed by atoms with E-state index in [1.807, 2.05) is 0 Å². The van der Waals surface area contributed by atoms with Crippen LogP contribution >= 0.6 is 11.6 Å². The summed E-state index contributed by atoms with van der Waals surface area (Å²) >= 11 is 5.83. The molecule has 0 aliphatic carbocycles. The second-order valence-corrected chi connectivity index (χ2v) is 3.87. The highest BCUT2D eigenvalue weighted by atomic mass is 35.5. The van der Waals surface area contributed by atoms with Crippen LogP contribution in [0.3, 0.4) is 0 Å². The number of rotatable bonds is 2. The summed E-state index contributed by atoms with van der Waals surface area (Å²) in [5.74, 6) is -0.183. The third-order valence-electron chi connectivity index (χ3n) is 2.32. The van der Waals surface area contributed by atoms with Crippen LogP contribution in [0.1, 0.15) is 0 Å². The number of hydrogen-bond acceptors (Lipinski definition) is 5. The second-order valence-electron chi connectivity index (χ2n) is 3.53. The van der Waals surface area contributed by atoms with Crippen LogP contribution in [0.2, 0.25) is 5.28 Å². The highest BCUT2D eigenvalue weighted by molar-refractivity contribution is 6.28. The Balaban J connectivity index is 2.16. The molecule has 0 radical (unpaired) electrons. The Kier molecular flexibility index (Phi) is 2.88. The average molecular weight is 277 g/mol. The molecule has 19 heavy (non-hydrogen) atoms. The van der Waals surface area contributed by atoms with Crippen LogP contribution < -0.4 is 0 Å². The van der Waals surface area contributed by atoms with Crippen LogP contribution in [-0.4, -0.2) is 29.7 Å². The first kappa shape index (κ1) is 11.7. The number of hydrogen-bond donors (Lipinski definition) is 0. The fourth-order valence-corrected chi connectivity index (χ4v) is 1.66. The van der Waals surface area contributed by atoms with E-state index in [-0.39, 0.29) is 22.6 Å². The van der Waals surface area contributed by atoms with Crippen molar-refractivity contribution in [3.05, 3.63) is 48.0 Å². The molecule has 0 fully saturated rings. The van der Waals surface area contributed by atoms with Crippen molar-refractivity contribution in [1.29, 1.82) is 0 Å². The third kappa shape index (κ3) is 2.27. The Morgan fingerprint density at radius 1 is 1.16 bits per heavy atom. The minimum absolute atomic E-state index is 0.0355. The van der Waals surface area contributed by atoms with Gasteiger partial charge in [0.15, 0.2) is 11.6 Å². The molecular weight excluding hydrogens is 271 g/mol. The molecule has 0 aliphatic rings. The Labute approximate surface area is 112 Å². The molecule has 94 valence electrons. The summed E-state index contributed by atoms with van der Waals surface area (Å²) in [5.41, 5.74) is 0.202. The van der Waals surface area contributed by atoms with Gasteiger partial charge in [-0.15, -0.1) is 0 Å². The average Bonchev–Trinajstić information content (AvgIpc) is 2.92. The molecule has 0 aliphatic heterocycles. The summed E-state index contributed by atoms with van der Waals surface area (Å²) < 4.78 is 15.1. The molecule has 3 aromatic heterocycles. The smallest absolute Gasteiger partial charge is 0.255 e.